The van der Waals surface area contributed by atoms with E-state index in [1.165, 1.54) is 18.4 Å². The summed E-state index contributed by atoms with van der Waals surface area (Å²) in [6.07, 6.45) is 11.6. The summed E-state index contributed by atoms with van der Waals surface area (Å²) in [5.41, 5.74) is 3.53. The summed E-state index contributed by atoms with van der Waals surface area (Å²) >= 11 is 0. The standard InChI is InChI=1S/C26H25N3O2/c30-25-21-17-22-24(13-16-29(26(22)31)18-20-9-5-2-6-10-20)27-23(21)12-15-28(25)14-11-19-7-3-1-4-8-19/h2,5-7,9-10,12-13,15-17H,1,3-4,8,11,14,18H2. The highest BCUT2D eigenvalue weighted by atomic mass is 16.1. The average Bonchev–Trinajstić information content (AvgIpc) is 2.81. The maximum atomic E-state index is 13.1. The van der Waals surface area contributed by atoms with Crippen LogP contribution in [-0.4, -0.2) is 14.1 Å². The van der Waals surface area contributed by atoms with Gasteiger partial charge in [-0.1, -0.05) is 42.0 Å². The van der Waals surface area contributed by atoms with E-state index < -0.39 is 0 Å². The third-order valence-electron chi connectivity index (χ3n) is 6.14. The molecule has 0 fully saturated rings. The number of benzene rings is 1. The smallest absolute Gasteiger partial charge is 0.260 e. The van der Waals surface area contributed by atoms with Crippen molar-refractivity contribution in [2.75, 3.05) is 0 Å². The van der Waals surface area contributed by atoms with Crippen LogP contribution < -0.4 is 11.1 Å². The zero-order chi connectivity index (χ0) is 21.2. The maximum Gasteiger partial charge on any atom is 0.260 e. The monoisotopic (exact) mass is 411 g/mol. The fourth-order valence-corrected chi connectivity index (χ4v) is 4.38. The highest BCUT2D eigenvalue weighted by molar-refractivity contribution is 5.91. The summed E-state index contributed by atoms with van der Waals surface area (Å²) < 4.78 is 3.42. The number of hydrogen-bond donors (Lipinski definition) is 0. The number of nitrogens with zero attached hydrogens (tertiary/aromatic N) is 3. The molecule has 1 aliphatic carbocycles. The molecule has 0 saturated carbocycles. The van der Waals surface area contributed by atoms with Crippen LogP contribution in [0.2, 0.25) is 0 Å². The highest BCUT2D eigenvalue weighted by Crippen LogP contribution is 2.21. The van der Waals surface area contributed by atoms with Crippen molar-refractivity contribution < 1.29 is 0 Å². The van der Waals surface area contributed by atoms with Crippen LogP contribution in [0.3, 0.4) is 0 Å². The molecule has 5 heteroatoms. The van der Waals surface area contributed by atoms with Gasteiger partial charge in [0.05, 0.1) is 28.4 Å². The van der Waals surface area contributed by atoms with Gasteiger partial charge in [0.25, 0.3) is 11.1 Å². The second-order valence-corrected chi connectivity index (χ2v) is 8.26. The minimum atomic E-state index is -0.127. The van der Waals surface area contributed by atoms with Crippen LogP contribution in [-0.2, 0) is 13.1 Å². The molecule has 0 spiro atoms. The Morgan fingerprint density at radius 1 is 0.839 bits per heavy atom. The molecule has 0 radical (unpaired) electrons. The minimum absolute atomic E-state index is 0.0822. The zero-order valence-corrected chi connectivity index (χ0v) is 17.5. The first kappa shape index (κ1) is 19.5. The summed E-state index contributed by atoms with van der Waals surface area (Å²) in [6, 6.07) is 15.3. The fraction of sp³-hybridized carbons (Fsp3) is 0.269. The largest absolute Gasteiger partial charge is 0.315 e. The Balaban J connectivity index is 1.52. The zero-order valence-electron chi connectivity index (χ0n) is 17.5. The van der Waals surface area contributed by atoms with Crippen LogP contribution in [0.25, 0.3) is 21.8 Å². The topological polar surface area (TPSA) is 56.9 Å². The van der Waals surface area contributed by atoms with Crippen LogP contribution in [0.15, 0.2) is 82.2 Å². The van der Waals surface area contributed by atoms with Crippen molar-refractivity contribution in [2.45, 2.75) is 45.2 Å². The molecule has 0 unspecified atom stereocenters. The predicted molar refractivity (Wildman–Crippen MR) is 124 cm³/mol. The van der Waals surface area contributed by atoms with E-state index in [1.54, 1.807) is 21.4 Å². The molecular weight excluding hydrogens is 386 g/mol. The van der Waals surface area contributed by atoms with E-state index in [4.69, 9.17) is 0 Å². The molecule has 0 N–H and O–H groups in total. The van der Waals surface area contributed by atoms with Gasteiger partial charge in [0.15, 0.2) is 0 Å². The molecule has 31 heavy (non-hydrogen) atoms. The number of rotatable bonds is 5. The Labute approximate surface area is 180 Å². The van der Waals surface area contributed by atoms with Gasteiger partial charge in [-0.15, -0.1) is 0 Å². The quantitative estimate of drug-likeness (QED) is 0.355. The summed E-state index contributed by atoms with van der Waals surface area (Å²) in [4.78, 5) is 30.8. The van der Waals surface area contributed by atoms with Gasteiger partial charge in [-0.3, -0.25) is 9.59 Å². The van der Waals surface area contributed by atoms with Gasteiger partial charge in [-0.2, -0.15) is 0 Å². The van der Waals surface area contributed by atoms with Gasteiger partial charge in [-0.05, 0) is 55.9 Å². The van der Waals surface area contributed by atoms with Crippen LogP contribution in [0.5, 0.6) is 0 Å². The van der Waals surface area contributed by atoms with E-state index in [-0.39, 0.29) is 11.1 Å². The van der Waals surface area contributed by atoms with E-state index in [9.17, 15) is 9.59 Å². The van der Waals surface area contributed by atoms with Crippen molar-refractivity contribution in [1.29, 1.82) is 0 Å². The first-order chi connectivity index (χ1) is 15.2. The molecule has 4 aromatic rings. The molecule has 5 nitrogen and oxygen atoms in total. The van der Waals surface area contributed by atoms with Gasteiger partial charge < -0.3 is 9.13 Å². The molecule has 1 aliphatic rings. The van der Waals surface area contributed by atoms with Gasteiger partial charge in [0.1, 0.15) is 0 Å². The summed E-state index contributed by atoms with van der Waals surface area (Å²) in [6.45, 7) is 1.15. The van der Waals surface area contributed by atoms with Gasteiger partial charge >= 0.3 is 0 Å². The molecule has 0 amide bonds. The Morgan fingerprint density at radius 3 is 2.26 bits per heavy atom. The maximum absolute atomic E-state index is 13.1. The Morgan fingerprint density at radius 2 is 1.55 bits per heavy atom. The van der Waals surface area contributed by atoms with E-state index in [2.05, 4.69) is 11.1 Å². The minimum Gasteiger partial charge on any atom is -0.315 e. The third-order valence-corrected chi connectivity index (χ3v) is 6.14. The van der Waals surface area contributed by atoms with Crippen LogP contribution in [0, 0.1) is 0 Å². The van der Waals surface area contributed by atoms with Gasteiger partial charge in [-0.25, -0.2) is 4.98 Å². The second kappa shape index (κ2) is 8.34. The Hall–Kier alpha value is -3.47. The van der Waals surface area contributed by atoms with Gasteiger partial charge in [0, 0.05) is 18.9 Å². The van der Waals surface area contributed by atoms with Crippen molar-refractivity contribution in [2.24, 2.45) is 0 Å². The SMILES string of the molecule is O=c1c2cc3c(=O)n(Cc4ccccc4)ccc3nc2ccn1CCC1=CCCCC1. The van der Waals surface area contributed by atoms with E-state index in [0.717, 1.165) is 24.8 Å². The predicted octanol–water partition coefficient (Wildman–Crippen LogP) is 4.65. The molecule has 5 rings (SSSR count). The van der Waals surface area contributed by atoms with Gasteiger partial charge in [0.2, 0.25) is 0 Å². The molecule has 1 aromatic carbocycles. The summed E-state index contributed by atoms with van der Waals surface area (Å²) in [5, 5.41) is 0.984. The van der Waals surface area contributed by atoms with Crippen molar-refractivity contribution >= 4 is 21.8 Å². The first-order valence-corrected chi connectivity index (χ1v) is 10.9. The second-order valence-electron chi connectivity index (χ2n) is 8.26. The van der Waals surface area contributed by atoms with Crippen LogP contribution in [0.4, 0.5) is 0 Å². The normalized spacial score (nSPS) is 14.1. The molecule has 0 bridgehead atoms. The lowest BCUT2D eigenvalue weighted by Gasteiger charge is -2.14. The Bertz CT molecular complexity index is 1400. The van der Waals surface area contributed by atoms with Crippen molar-refractivity contribution in [3.8, 4) is 0 Å². The molecule has 3 heterocycles. The number of allylic oxidation sites excluding steroid dienone is 2. The molecule has 0 atom stereocenters. The average molecular weight is 412 g/mol. The Kier molecular flexibility index (Phi) is 5.24. The number of fused-ring (bicyclic) bond motifs is 2. The van der Waals surface area contributed by atoms with E-state index >= 15 is 0 Å². The lowest BCUT2D eigenvalue weighted by atomic mass is 9.97. The summed E-state index contributed by atoms with van der Waals surface area (Å²) in [7, 11) is 0. The third kappa shape index (κ3) is 3.96. The van der Waals surface area contributed by atoms with Crippen molar-refractivity contribution in [3.63, 3.8) is 0 Å². The molecule has 0 aliphatic heterocycles. The number of aromatic nitrogens is 3. The van der Waals surface area contributed by atoms with Crippen LogP contribution >= 0.6 is 0 Å². The number of aryl methyl sites for hydroxylation is 1. The number of hydrogen-bond acceptors (Lipinski definition) is 3. The molecule has 0 saturated heterocycles. The summed E-state index contributed by atoms with van der Waals surface area (Å²) in [5.74, 6) is 0. The van der Waals surface area contributed by atoms with Crippen molar-refractivity contribution in [1.82, 2.24) is 14.1 Å². The first-order valence-electron chi connectivity index (χ1n) is 10.9. The number of pyridine rings is 3. The molecular formula is C26H25N3O2. The molecule has 3 aromatic heterocycles. The fourth-order valence-electron chi connectivity index (χ4n) is 4.38. The van der Waals surface area contributed by atoms with E-state index in [0.29, 0.717) is 34.9 Å². The molecule has 156 valence electrons. The lowest BCUT2D eigenvalue weighted by Crippen LogP contribution is -2.22. The van der Waals surface area contributed by atoms with E-state index in [1.807, 2.05) is 48.7 Å². The van der Waals surface area contributed by atoms with Crippen LogP contribution in [0.1, 0.15) is 37.7 Å². The highest BCUT2D eigenvalue weighted by Gasteiger charge is 2.11. The lowest BCUT2D eigenvalue weighted by molar-refractivity contribution is 0.616. The van der Waals surface area contributed by atoms with Crippen molar-refractivity contribution in [3.05, 3.63) is 98.8 Å².